The number of hydrogen-bond acceptors (Lipinski definition) is 6. The topological polar surface area (TPSA) is 63.4 Å². The first-order valence-corrected chi connectivity index (χ1v) is 9.58. The van der Waals surface area contributed by atoms with Crippen molar-refractivity contribution in [3.05, 3.63) is 47.4 Å². The Balaban J connectivity index is 1.96. The summed E-state index contributed by atoms with van der Waals surface area (Å²) in [5.74, 6) is 0.600. The lowest BCUT2D eigenvalue weighted by molar-refractivity contribution is -0.116. The SMILES string of the molecule is CC(=O)SCC(=O)N(Cc1ccco1)c1nc2c(C)cc(C)cc2s1. The van der Waals surface area contributed by atoms with Gasteiger partial charge in [0.1, 0.15) is 5.76 Å². The van der Waals surface area contributed by atoms with Gasteiger partial charge in [0.25, 0.3) is 0 Å². The molecule has 3 rings (SSSR count). The van der Waals surface area contributed by atoms with Crippen LogP contribution >= 0.6 is 23.1 Å². The lowest BCUT2D eigenvalue weighted by atomic mass is 10.1. The number of carbonyl (C=O) groups is 2. The Labute approximate surface area is 154 Å². The summed E-state index contributed by atoms with van der Waals surface area (Å²) in [6.07, 6.45) is 1.58. The van der Waals surface area contributed by atoms with Crippen LogP contribution in [0.2, 0.25) is 0 Å². The predicted molar refractivity (Wildman–Crippen MR) is 102 cm³/mol. The van der Waals surface area contributed by atoms with Gasteiger partial charge in [0.15, 0.2) is 10.2 Å². The van der Waals surface area contributed by atoms with E-state index in [9.17, 15) is 9.59 Å². The summed E-state index contributed by atoms with van der Waals surface area (Å²) >= 11 is 2.48. The standard InChI is InChI=1S/C18H18N2O3S2/c1-11-7-12(2)17-15(8-11)25-18(19-17)20(9-14-5-4-6-23-14)16(22)10-24-13(3)21/h4-8H,9-10H2,1-3H3. The highest BCUT2D eigenvalue weighted by Crippen LogP contribution is 2.32. The maximum atomic E-state index is 12.7. The number of fused-ring (bicyclic) bond motifs is 1. The van der Waals surface area contributed by atoms with Crippen LogP contribution in [0.5, 0.6) is 0 Å². The summed E-state index contributed by atoms with van der Waals surface area (Å²) in [6.45, 7) is 5.81. The second-order valence-electron chi connectivity index (χ2n) is 5.76. The Morgan fingerprint density at radius 1 is 1.32 bits per heavy atom. The van der Waals surface area contributed by atoms with Gasteiger partial charge < -0.3 is 4.42 Å². The molecule has 0 unspecified atom stereocenters. The first-order chi connectivity index (χ1) is 11.9. The first-order valence-electron chi connectivity index (χ1n) is 7.78. The maximum Gasteiger partial charge on any atom is 0.239 e. The van der Waals surface area contributed by atoms with Gasteiger partial charge in [-0.25, -0.2) is 4.98 Å². The van der Waals surface area contributed by atoms with E-state index in [1.165, 1.54) is 18.3 Å². The number of amides is 1. The molecule has 1 amide bonds. The quantitative estimate of drug-likeness (QED) is 0.665. The second kappa shape index (κ2) is 7.41. The Morgan fingerprint density at radius 2 is 2.12 bits per heavy atom. The van der Waals surface area contributed by atoms with Crippen molar-refractivity contribution in [3.8, 4) is 0 Å². The zero-order chi connectivity index (χ0) is 18.0. The van der Waals surface area contributed by atoms with Crippen LogP contribution in [0.4, 0.5) is 5.13 Å². The maximum absolute atomic E-state index is 12.7. The number of anilines is 1. The first kappa shape index (κ1) is 17.7. The molecule has 0 aliphatic rings. The highest BCUT2D eigenvalue weighted by molar-refractivity contribution is 8.14. The molecule has 0 N–H and O–H groups in total. The third-order valence-electron chi connectivity index (χ3n) is 3.64. The van der Waals surface area contributed by atoms with Crippen molar-refractivity contribution in [1.29, 1.82) is 0 Å². The molecular weight excluding hydrogens is 356 g/mol. The summed E-state index contributed by atoms with van der Waals surface area (Å²) < 4.78 is 6.43. The van der Waals surface area contributed by atoms with Crippen molar-refractivity contribution in [3.63, 3.8) is 0 Å². The lowest BCUT2D eigenvalue weighted by Gasteiger charge is -2.18. The van der Waals surface area contributed by atoms with Crippen molar-refractivity contribution in [2.75, 3.05) is 10.7 Å². The number of thioether (sulfide) groups is 1. The molecule has 0 radical (unpaired) electrons. The molecule has 7 heteroatoms. The molecule has 2 aromatic heterocycles. The number of aryl methyl sites for hydroxylation is 2. The van der Waals surface area contributed by atoms with E-state index in [0.29, 0.717) is 17.4 Å². The fraction of sp³-hybridized carbons (Fsp3) is 0.278. The summed E-state index contributed by atoms with van der Waals surface area (Å²) in [6, 6.07) is 7.76. The van der Waals surface area contributed by atoms with Crippen molar-refractivity contribution in [1.82, 2.24) is 4.98 Å². The van der Waals surface area contributed by atoms with Crippen LogP contribution in [0.3, 0.4) is 0 Å². The molecule has 2 heterocycles. The van der Waals surface area contributed by atoms with Crippen molar-refractivity contribution < 1.29 is 14.0 Å². The van der Waals surface area contributed by atoms with Crippen LogP contribution in [0.25, 0.3) is 10.2 Å². The van der Waals surface area contributed by atoms with Crippen LogP contribution in [-0.4, -0.2) is 21.8 Å². The van der Waals surface area contributed by atoms with Crippen LogP contribution in [0.15, 0.2) is 34.9 Å². The Bertz CT molecular complexity index is 916. The summed E-state index contributed by atoms with van der Waals surface area (Å²) in [5, 5.41) is 0.538. The van der Waals surface area contributed by atoms with Crippen LogP contribution in [0, 0.1) is 13.8 Å². The fourth-order valence-corrected chi connectivity index (χ4v) is 4.18. The van der Waals surface area contributed by atoms with Gasteiger partial charge in [-0.3, -0.25) is 14.5 Å². The van der Waals surface area contributed by atoms with Crippen LogP contribution in [-0.2, 0) is 16.1 Å². The molecule has 0 saturated heterocycles. The highest BCUT2D eigenvalue weighted by atomic mass is 32.2. The van der Waals surface area contributed by atoms with Crippen LogP contribution < -0.4 is 4.90 Å². The highest BCUT2D eigenvalue weighted by Gasteiger charge is 2.22. The van der Waals surface area contributed by atoms with E-state index in [1.54, 1.807) is 17.2 Å². The van der Waals surface area contributed by atoms with Crippen molar-refractivity contribution >= 4 is 49.5 Å². The largest absolute Gasteiger partial charge is 0.467 e. The Kier molecular flexibility index (Phi) is 5.24. The number of rotatable bonds is 5. The number of carbonyl (C=O) groups excluding carboxylic acids is 2. The van der Waals surface area contributed by atoms with Crippen molar-refractivity contribution in [2.45, 2.75) is 27.3 Å². The molecule has 0 atom stereocenters. The van der Waals surface area contributed by atoms with Gasteiger partial charge in [-0.05, 0) is 43.2 Å². The van der Waals surface area contributed by atoms with Gasteiger partial charge in [-0.15, -0.1) is 0 Å². The molecule has 0 spiro atoms. The molecule has 0 bridgehead atoms. The van der Waals surface area contributed by atoms with Gasteiger partial charge in [0.05, 0.1) is 28.8 Å². The van der Waals surface area contributed by atoms with Gasteiger partial charge in [0, 0.05) is 6.92 Å². The molecule has 0 saturated carbocycles. The smallest absolute Gasteiger partial charge is 0.239 e. The second-order valence-corrected chi connectivity index (χ2v) is 7.93. The third-order valence-corrected chi connectivity index (χ3v) is 5.47. The third kappa shape index (κ3) is 4.11. The number of furan rings is 1. The molecule has 25 heavy (non-hydrogen) atoms. The number of thiazole rings is 1. The molecule has 3 aromatic rings. The molecule has 0 aliphatic carbocycles. The molecule has 0 fully saturated rings. The van der Waals surface area contributed by atoms with E-state index in [4.69, 9.17) is 4.42 Å². The minimum absolute atomic E-state index is 0.0814. The minimum Gasteiger partial charge on any atom is -0.467 e. The van der Waals surface area contributed by atoms with E-state index < -0.39 is 0 Å². The molecule has 1 aromatic carbocycles. The normalized spacial score (nSPS) is 11.0. The summed E-state index contributed by atoms with van der Waals surface area (Å²) in [4.78, 5) is 30.2. The van der Waals surface area contributed by atoms with E-state index in [0.717, 1.165) is 33.1 Å². The van der Waals surface area contributed by atoms with Crippen molar-refractivity contribution in [2.24, 2.45) is 0 Å². The fourth-order valence-electron chi connectivity index (χ4n) is 2.54. The molecule has 130 valence electrons. The Hall–Kier alpha value is -2.12. The van der Waals surface area contributed by atoms with Crippen LogP contribution in [0.1, 0.15) is 23.8 Å². The van der Waals surface area contributed by atoms with E-state index >= 15 is 0 Å². The lowest BCUT2D eigenvalue weighted by Crippen LogP contribution is -2.32. The van der Waals surface area contributed by atoms with E-state index in [2.05, 4.69) is 17.1 Å². The van der Waals surface area contributed by atoms with Gasteiger partial charge >= 0.3 is 0 Å². The predicted octanol–water partition coefficient (Wildman–Crippen LogP) is 4.32. The summed E-state index contributed by atoms with van der Waals surface area (Å²) in [5.41, 5.74) is 3.15. The number of aromatic nitrogens is 1. The zero-order valence-corrected chi connectivity index (χ0v) is 15.9. The number of benzene rings is 1. The Morgan fingerprint density at radius 3 is 2.80 bits per heavy atom. The van der Waals surface area contributed by atoms with Gasteiger partial charge in [0.2, 0.25) is 5.91 Å². The molecular formula is C18H18N2O3S2. The average Bonchev–Trinajstić information content (AvgIpc) is 3.19. The number of nitrogens with zero attached hydrogens (tertiary/aromatic N) is 2. The summed E-state index contributed by atoms with van der Waals surface area (Å²) in [7, 11) is 0. The van der Waals surface area contributed by atoms with Gasteiger partial charge in [-0.2, -0.15) is 0 Å². The average molecular weight is 374 g/mol. The molecule has 5 nitrogen and oxygen atoms in total. The van der Waals surface area contributed by atoms with E-state index in [-0.39, 0.29) is 16.8 Å². The number of hydrogen-bond donors (Lipinski definition) is 0. The molecule has 0 aliphatic heterocycles. The minimum atomic E-state index is -0.162. The monoisotopic (exact) mass is 374 g/mol. The van der Waals surface area contributed by atoms with E-state index in [1.807, 2.05) is 19.9 Å². The zero-order valence-electron chi connectivity index (χ0n) is 14.2. The van der Waals surface area contributed by atoms with Gasteiger partial charge in [-0.1, -0.05) is 29.2 Å².